The van der Waals surface area contributed by atoms with Crippen LogP contribution in [0.15, 0.2) is 34.6 Å². The molecule has 0 saturated carbocycles. The van der Waals surface area contributed by atoms with E-state index in [-0.39, 0.29) is 31.8 Å². The maximum Gasteiger partial charge on any atom is 0.255 e. The van der Waals surface area contributed by atoms with Crippen LogP contribution in [-0.2, 0) is 13.1 Å². The monoisotopic (exact) mass is 382 g/mol. The molecule has 1 atom stereocenters. The fraction of sp³-hybridized carbons (Fsp3) is 0.389. The molecule has 1 aromatic carbocycles. The number of allylic oxidation sites excluding steroid dienone is 1. The molecule has 0 aliphatic carbocycles. The van der Waals surface area contributed by atoms with Crippen LogP contribution in [0.5, 0.6) is 11.5 Å². The molecule has 26 heavy (non-hydrogen) atoms. The predicted octanol–water partition coefficient (Wildman–Crippen LogP) is 1.21. The molecule has 0 amide bonds. The first kappa shape index (κ1) is 20.3. The average molecular weight is 383 g/mol. The number of aliphatic hydroxyl groups is 2. The molecule has 0 unspecified atom stereocenters. The van der Waals surface area contributed by atoms with Crippen molar-refractivity contribution in [1.29, 1.82) is 0 Å². The summed E-state index contributed by atoms with van der Waals surface area (Å²) in [5.41, 5.74) is 0.916. The number of nitrogens with zero attached hydrogens (tertiary/aromatic N) is 1. The average Bonchev–Trinajstić information content (AvgIpc) is 2.63. The minimum absolute atomic E-state index is 0.152. The summed E-state index contributed by atoms with van der Waals surface area (Å²) in [5, 5.41) is 22.3. The van der Waals surface area contributed by atoms with Crippen LogP contribution in [0.3, 0.4) is 0 Å². The van der Waals surface area contributed by atoms with Gasteiger partial charge in [0.15, 0.2) is 11.5 Å². The second kappa shape index (κ2) is 9.05. The zero-order chi connectivity index (χ0) is 19.3. The van der Waals surface area contributed by atoms with Crippen LogP contribution in [0.25, 0.3) is 10.9 Å². The van der Waals surface area contributed by atoms with Crippen LogP contribution >= 0.6 is 11.6 Å². The van der Waals surface area contributed by atoms with Gasteiger partial charge in [0.05, 0.1) is 39.0 Å². The maximum atomic E-state index is 12.9. The van der Waals surface area contributed by atoms with Crippen molar-refractivity contribution in [2.24, 2.45) is 0 Å². The number of hydrogen-bond donors (Lipinski definition) is 3. The second-order valence-corrected chi connectivity index (χ2v) is 6.35. The van der Waals surface area contributed by atoms with Crippen molar-refractivity contribution in [1.82, 2.24) is 9.88 Å². The van der Waals surface area contributed by atoms with Crippen LogP contribution in [0.2, 0.25) is 0 Å². The summed E-state index contributed by atoms with van der Waals surface area (Å²) < 4.78 is 12.2. The number of ether oxygens (including phenoxy) is 2. The third-order valence-electron chi connectivity index (χ3n) is 3.91. The highest BCUT2D eigenvalue weighted by Gasteiger charge is 2.14. The Morgan fingerprint density at radius 2 is 1.96 bits per heavy atom. The first-order valence-electron chi connectivity index (χ1n) is 8.02. The summed E-state index contributed by atoms with van der Waals surface area (Å²) in [5.74, 6) is 1.05. The third kappa shape index (κ3) is 4.56. The van der Waals surface area contributed by atoms with Crippen molar-refractivity contribution in [3.05, 3.63) is 45.7 Å². The van der Waals surface area contributed by atoms with E-state index in [0.717, 1.165) is 5.39 Å². The number of benzene rings is 1. The molecule has 142 valence electrons. The Morgan fingerprint density at radius 3 is 2.54 bits per heavy atom. The molecule has 8 heteroatoms. The Balaban J connectivity index is 2.54. The molecule has 0 spiro atoms. The lowest BCUT2D eigenvalue weighted by atomic mass is 10.1. The normalized spacial score (nSPS) is 12.2. The Labute approximate surface area is 156 Å². The summed E-state index contributed by atoms with van der Waals surface area (Å²) in [4.78, 5) is 12.9. The van der Waals surface area contributed by atoms with Crippen molar-refractivity contribution < 1.29 is 19.7 Å². The number of fused-ring (bicyclic) bond motifs is 1. The summed E-state index contributed by atoms with van der Waals surface area (Å²) >= 11 is 5.95. The van der Waals surface area contributed by atoms with Gasteiger partial charge in [-0.1, -0.05) is 18.2 Å². The van der Waals surface area contributed by atoms with E-state index in [1.54, 1.807) is 25.3 Å². The minimum Gasteiger partial charge on any atom is -0.493 e. The van der Waals surface area contributed by atoms with Crippen molar-refractivity contribution in [2.45, 2.75) is 19.2 Å². The molecule has 2 rings (SSSR count). The van der Waals surface area contributed by atoms with Crippen LogP contribution < -0.4 is 20.3 Å². The zero-order valence-corrected chi connectivity index (χ0v) is 15.5. The van der Waals surface area contributed by atoms with E-state index in [9.17, 15) is 9.90 Å². The van der Waals surface area contributed by atoms with Crippen LogP contribution in [0.4, 0.5) is 0 Å². The number of rotatable bonds is 9. The lowest BCUT2D eigenvalue weighted by Crippen LogP contribution is -2.32. The number of nitrogens with one attached hydrogen (secondary N) is 1. The molecule has 1 heterocycles. The summed E-state index contributed by atoms with van der Waals surface area (Å²) in [7, 11) is 3.07. The molecular formula is C18H23ClN2O5. The number of aliphatic hydroxyl groups excluding tert-OH is 2. The fourth-order valence-electron chi connectivity index (χ4n) is 2.66. The third-order valence-corrected chi connectivity index (χ3v) is 4.03. The molecule has 0 aliphatic heterocycles. The SMILES string of the molecule is C=C(Cl)Cn1c(=O)c(CNC[C@H](O)CO)cc2cc(OC)c(OC)cc21. The van der Waals surface area contributed by atoms with E-state index in [1.165, 1.54) is 11.7 Å². The number of halogens is 1. The minimum atomic E-state index is -0.885. The first-order chi connectivity index (χ1) is 12.4. The van der Waals surface area contributed by atoms with Gasteiger partial charge in [0.1, 0.15) is 0 Å². The van der Waals surface area contributed by atoms with E-state index in [4.69, 9.17) is 26.2 Å². The van der Waals surface area contributed by atoms with Crippen LogP contribution in [0.1, 0.15) is 5.56 Å². The Morgan fingerprint density at radius 1 is 1.31 bits per heavy atom. The Bertz CT molecular complexity index is 850. The number of methoxy groups -OCH3 is 2. The molecule has 0 saturated heterocycles. The molecule has 2 aromatic rings. The van der Waals surface area contributed by atoms with Crippen molar-refractivity contribution >= 4 is 22.5 Å². The largest absolute Gasteiger partial charge is 0.493 e. The topological polar surface area (TPSA) is 93.0 Å². The van der Waals surface area contributed by atoms with Crippen molar-refractivity contribution in [3.63, 3.8) is 0 Å². The molecule has 0 radical (unpaired) electrons. The van der Waals surface area contributed by atoms with Crippen molar-refractivity contribution in [3.8, 4) is 11.5 Å². The maximum absolute atomic E-state index is 12.9. The predicted molar refractivity (Wildman–Crippen MR) is 101 cm³/mol. The smallest absolute Gasteiger partial charge is 0.255 e. The van der Waals surface area contributed by atoms with E-state index >= 15 is 0 Å². The van der Waals surface area contributed by atoms with Gasteiger partial charge in [-0.25, -0.2) is 0 Å². The Kier molecular flexibility index (Phi) is 7.05. The van der Waals surface area contributed by atoms with Gasteiger partial charge in [0.2, 0.25) is 0 Å². The zero-order valence-electron chi connectivity index (χ0n) is 14.8. The lowest BCUT2D eigenvalue weighted by molar-refractivity contribution is 0.0942. The Hall–Kier alpha value is -2.06. The second-order valence-electron chi connectivity index (χ2n) is 5.81. The van der Waals surface area contributed by atoms with E-state index in [2.05, 4.69) is 11.9 Å². The quantitative estimate of drug-likeness (QED) is 0.603. The van der Waals surface area contributed by atoms with Gasteiger partial charge in [0.25, 0.3) is 5.56 Å². The molecule has 7 nitrogen and oxygen atoms in total. The van der Waals surface area contributed by atoms with Gasteiger partial charge in [-0.05, 0) is 12.1 Å². The molecule has 0 fully saturated rings. The van der Waals surface area contributed by atoms with Gasteiger partial charge >= 0.3 is 0 Å². The molecular weight excluding hydrogens is 360 g/mol. The van der Waals surface area contributed by atoms with Gasteiger partial charge in [-0.15, -0.1) is 0 Å². The standard InChI is InChI=1S/C18H23ClN2O5/c1-11(19)9-21-15-6-17(26-3)16(25-2)5-12(15)4-13(18(21)24)7-20-8-14(23)10-22/h4-6,14,20,22-23H,1,7-10H2,2-3H3/t14-/m0/s1. The molecule has 0 aliphatic rings. The number of hydrogen-bond acceptors (Lipinski definition) is 6. The van der Waals surface area contributed by atoms with Crippen molar-refractivity contribution in [2.75, 3.05) is 27.4 Å². The van der Waals surface area contributed by atoms with E-state index in [0.29, 0.717) is 27.6 Å². The van der Waals surface area contributed by atoms with E-state index in [1.807, 2.05) is 0 Å². The van der Waals surface area contributed by atoms with E-state index < -0.39 is 6.10 Å². The van der Waals surface area contributed by atoms with Gasteiger partial charge in [-0.3, -0.25) is 4.79 Å². The molecule has 0 bridgehead atoms. The highest BCUT2D eigenvalue weighted by Crippen LogP contribution is 2.32. The summed E-state index contributed by atoms with van der Waals surface area (Å²) in [6.45, 7) is 3.88. The lowest BCUT2D eigenvalue weighted by Gasteiger charge is -2.16. The van der Waals surface area contributed by atoms with Gasteiger partial charge in [0, 0.05) is 35.1 Å². The van der Waals surface area contributed by atoms with Gasteiger partial charge < -0.3 is 29.6 Å². The van der Waals surface area contributed by atoms with Crippen LogP contribution in [0, 0.1) is 0 Å². The first-order valence-corrected chi connectivity index (χ1v) is 8.40. The molecule has 3 N–H and O–H groups in total. The molecule has 1 aromatic heterocycles. The summed E-state index contributed by atoms with van der Waals surface area (Å²) in [6, 6.07) is 5.26. The van der Waals surface area contributed by atoms with Gasteiger partial charge in [-0.2, -0.15) is 0 Å². The number of aromatic nitrogens is 1. The highest BCUT2D eigenvalue weighted by atomic mass is 35.5. The highest BCUT2D eigenvalue weighted by molar-refractivity contribution is 6.29. The summed E-state index contributed by atoms with van der Waals surface area (Å²) in [6.07, 6.45) is -0.885. The van der Waals surface area contributed by atoms with Crippen LogP contribution in [-0.4, -0.2) is 48.3 Å². The fourth-order valence-corrected chi connectivity index (χ4v) is 2.78. The number of pyridine rings is 1.